The van der Waals surface area contributed by atoms with Crippen molar-refractivity contribution >= 4 is 21.8 Å². The van der Waals surface area contributed by atoms with Gasteiger partial charge in [-0.25, -0.2) is 0 Å². The number of carbonyl (C=O) groups excluding carboxylic acids is 1. The highest BCUT2D eigenvalue weighted by Crippen LogP contribution is 2.33. The second-order valence-corrected chi connectivity index (χ2v) is 6.12. The number of nitrogens with zero attached hydrogens (tertiary/aromatic N) is 1. The van der Waals surface area contributed by atoms with Crippen molar-refractivity contribution in [1.29, 1.82) is 0 Å². The van der Waals surface area contributed by atoms with Crippen LogP contribution in [0.2, 0.25) is 0 Å². The molecule has 0 radical (unpaired) electrons. The first kappa shape index (κ1) is 13.6. The normalized spacial score (nSPS) is 16.4. The van der Waals surface area contributed by atoms with Crippen LogP contribution in [0.5, 0.6) is 0 Å². The topological polar surface area (TPSA) is 46.3 Å². The molecule has 2 rings (SSSR count). The van der Waals surface area contributed by atoms with Gasteiger partial charge in [-0.3, -0.25) is 4.79 Å². The summed E-state index contributed by atoms with van der Waals surface area (Å²) in [7, 11) is 1.84. The zero-order chi connectivity index (χ0) is 13.3. The molecule has 98 valence electrons. The minimum Gasteiger partial charge on any atom is -0.344 e. The standard InChI is InChI=1S/C14H19BrN2O/c1-10-3-4-12(15)9-11(10)5-8-17(2)13(18)14(16)6-7-14/h3-4,9H,5-8,16H2,1-2H3. The summed E-state index contributed by atoms with van der Waals surface area (Å²) >= 11 is 3.47. The fourth-order valence-electron chi connectivity index (χ4n) is 2.03. The lowest BCUT2D eigenvalue weighted by Crippen LogP contribution is -2.44. The van der Waals surface area contributed by atoms with Crippen LogP contribution in [0, 0.1) is 6.92 Å². The molecule has 0 atom stereocenters. The molecule has 1 amide bonds. The first-order valence-corrected chi connectivity index (χ1v) is 7.01. The Kier molecular flexibility index (Phi) is 3.78. The van der Waals surface area contributed by atoms with Crippen LogP contribution in [0.25, 0.3) is 0 Å². The highest BCUT2D eigenvalue weighted by Gasteiger charge is 2.47. The van der Waals surface area contributed by atoms with Gasteiger partial charge in [-0.1, -0.05) is 22.0 Å². The van der Waals surface area contributed by atoms with Gasteiger partial charge < -0.3 is 10.6 Å². The van der Waals surface area contributed by atoms with Crippen LogP contribution in [0.1, 0.15) is 24.0 Å². The lowest BCUT2D eigenvalue weighted by atomic mass is 10.1. The van der Waals surface area contributed by atoms with E-state index in [9.17, 15) is 4.79 Å². The van der Waals surface area contributed by atoms with E-state index in [0.717, 1.165) is 30.3 Å². The first-order valence-electron chi connectivity index (χ1n) is 6.22. The minimum atomic E-state index is -0.554. The highest BCUT2D eigenvalue weighted by molar-refractivity contribution is 9.10. The first-order chi connectivity index (χ1) is 8.42. The van der Waals surface area contributed by atoms with Crippen molar-refractivity contribution in [3.63, 3.8) is 0 Å². The number of amides is 1. The van der Waals surface area contributed by atoms with E-state index in [2.05, 4.69) is 35.0 Å². The molecule has 1 fully saturated rings. The minimum absolute atomic E-state index is 0.0788. The lowest BCUT2D eigenvalue weighted by molar-refractivity contribution is -0.132. The summed E-state index contributed by atoms with van der Waals surface area (Å²) in [6, 6.07) is 6.24. The van der Waals surface area contributed by atoms with E-state index < -0.39 is 5.54 Å². The third-order valence-corrected chi connectivity index (χ3v) is 4.08. The Morgan fingerprint density at radius 1 is 1.50 bits per heavy atom. The van der Waals surface area contributed by atoms with Crippen molar-refractivity contribution < 1.29 is 4.79 Å². The summed E-state index contributed by atoms with van der Waals surface area (Å²) in [6.07, 6.45) is 2.52. The van der Waals surface area contributed by atoms with Gasteiger partial charge in [0.05, 0.1) is 5.54 Å². The third-order valence-electron chi connectivity index (χ3n) is 3.59. The number of carbonyl (C=O) groups is 1. The SMILES string of the molecule is Cc1ccc(Br)cc1CCN(C)C(=O)C1(N)CC1. The average Bonchev–Trinajstić information content (AvgIpc) is 3.08. The van der Waals surface area contributed by atoms with E-state index in [4.69, 9.17) is 5.73 Å². The van der Waals surface area contributed by atoms with Gasteiger partial charge in [0.25, 0.3) is 0 Å². The Labute approximate surface area is 116 Å². The molecular weight excluding hydrogens is 292 g/mol. The van der Waals surface area contributed by atoms with Crippen LogP contribution < -0.4 is 5.73 Å². The molecule has 1 aliphatic carbocycles. The predicted octanol–water partition coefficient (Wildman–Crippen LogP) is 2.25. The zero-order valence-electron chi connectivity index (χ0n) is 10.9. The van der Waals surface area contributed by atoms with Crippen molar-refractivity contribution in [2.45, 2.75) is 31.7 Å². The van der Waals surface area contributed by atoms with Gasteiger partial charge in [0.2, 0.25) is 5.91 Å². The Balaban J connectivity index is 1.95. The van der Waals surface area contributed by atoms with E-state index in [0.29, 0.717) is 0 Å². The second kappa shape index (κ2) is 5.02. The third kappa shape index (κ3) is 2.93. The molecular formula is C14H19BrN2O. The summed E-state index contributed by atoms with van der Waals surface area (Å²) in [6.45, 7) is 2.81. The monoisotopic (exact) mass is 310 g/mol. The van der Waals surface area contributed by atoms with Crippen molar-refractivity contribution in [3.05, 3.63) is 33.8 Å². The molecule has 0 aromatic heterocycles. The summed E-state index contributed by atoms with van der Waals surface area (Å²) in [5, 5.41) is 0. The molecule has 0 heterocycles. The molecule has 2 N–H and O–H groups in total. The number of likely N-dealkylation sites (N-methyl/N-ethyl adjacent to an activating group) is 1. The van der Waals surface area contributed by atoms with Crippen molar-refractivity contribution in [2.24, 2.45) is 5.73 Å². The molecule has 1 aliphatic rings. The van der Waals surface area contributed by atoms with Gasteiger partial charge in [-0.2, -0.15) is 0 Å². The van der Waals surface area contributed by atoms with E-state index in [-0.39, 0.29) is 5.91 Å². The quantitative estimate of drug-likeness (QED) is 0.927. The van der Waals surface area contributed by atoms with Crippen molar-refractivity contribution in [2.75, 3.05) is 13.6 Å². The Morgan fingerprint density at radius 3 is 2.78 bits per heavy atom. The smallest absolute Gasteiger partial charge is 0.242 e. The molecule has 3 nitrogen and oxygen atoms in total. The van der Waals surface area contributed by atoms with Gasteiger partial charge >= 0.3 is 0 Å². The van der Waals surface area contributed by atoms with Crippen LogP contribution in [0.3, 0.4) is 0 Å². The zero-order valence-corrected chi connectivity index (χ0v) is 12.5. The number of hydrogen-bond donors (Lipinski definition) is 1. The number of rotatable bonds is 4. The summed E-state index contributed by atoms with van der Waals surface area (Å²) < 4.78 is 1.08. The van der Waals surface area contributed by atoms with E-state index in [1.807, 2.05) is 13.1 Å². The Morgan fingerprint density at radius 2 is 2.17 bits per heavy atom. The fourth-order valence-corrected chi connectivity index (χ4v) is 2.44. The molecule has 0 saturated heterocycles. The summed E-state index contributed by atoms with van der Waals surface area (Å²) in [5.74, 6) is 0.0788. The Bertz CT molecular complexity index is 469. The predicted molar refractivity (Wildman–Crippen MR) is 76.4 cm³/mol. The molecule has 18 heavy (non-hydrogen) atoms. The largest absolute Gasteiger partial charge is 0.344 e. The molecule has 1 aromatic carbocycles. The van der Waals surface area contributed by atoms with E-state index in [1.165, 1.54) is 11.1 Å². The molecule has 1 aromatic rings. The maximum absolute atomic E-state index is 12.0. The van der Waals surface area contributed by atoms with Crippen LogP contribution in [-0.2, 0) is 11.2 Å². The molecule has 0 spiro atoms. The molecule has 0 unspecified atom stereocenters. The van der Waals surface area contributed by atoms with Crippen LogP contribution in [0.15, 0.2) is 22.7 Å². The molecule has 0 aliphatic heterocycles. The number of benzene rings is 1. The number of halogens is 1. The maximum atomic E-state index is 12.0. The lowest BCUT2D eigenvalue weighted by Gasteiger charge is -2.21. The van der Waals surface area contributed by atoms with Gasteiger partial charge in [0.15, 0.2) is 0 Å². The highest BCUT2D eigenvalue weighted by atomic mass is 79.9. The summed E-state index contributed by atoms with van der Waals surface area (Å²) in [5.41, 5.74) is 7.89. The average molecular weight is 311 g/mol. The van der Waals surface area contributed by atoms with Gasteiger partial charge in [0.1, 0.15) is 0 Å². The van der Waals surface area contributed by atoms with Crippen LogP contribution >= 0.6 is 15.9 Å². The van der Waals surface area contributed by atoms with Crippen molar-refractivity contribution in [3.8, 4) is 0 Å². The molecule has 0 bridgehead atoms. The van der Waals surface area contributed by atoms with E-state index in [1.54, 1.807) is 4.90 Å². The van der Waals surface area contributed by atoms with E-state index >= 15 is 0 Å². The van der Waals surface area contributed by atoms with Crippen LogP contribution in [0.4, 0.5) is 0 Å². The van der Waals surface area contributed by atoms with Gasteiger partial charge in [0, 0.05) is 18.1 Å². The number of aryl methyl sites for hydroxylation is 1. The summed E-state index contributed by atoms with van der Waals surface area (Å²) in [4.78, 5) is 13.7. The van der Waals surface area contributed by atoms with Crippen molar-refractivity contribution in [1.82, 2.24) is 4.90 Å². The number of nitrogens with two attached hydrogens (primary N) is 1. The maximum Gasteiger partial charge on any atom is 0.242 e. The second-order valence-electron chi connectivity index (χ2n) is 5.20. The van der Waals surface area contributed by atoms with Gasteiger partial charge in [-0.15, -0.1) is 0 Å². The van der Waals surface area contributed by atoms with Crippen LogP contribution in [-0.4, -0.2) is 29.9 Å². The number of hydrogen-bond acceptors (Lipinski definition) is 2. The van der Waals surface area contributed by atoms with Gasteiger partial charge in [-0.05, 0) is 49.4 Å². The Hall–Kier alpha value is -0.870. The molecule has 1 saturated carbocycles. The molecule has 4 heteroatoms. The fraction of sp³-hybridized carbons (Fsp3) is 0.500.